The van der Waals surface area contributed by atoms with Crippen molar-refractivity contribution in [3.8, 4) is 10.8 Å². The maximum atomic E-state index is 12.8. The number of carbonyl (C=O) groups excluding carboxylic acids is 2. The van der Waals surface area contributed by atoms with Crippen LogP contribution >= 0.6 is 11.3 Å². The second kappa shape index (κ2) is 13.0. The molecule has 2 N–H and O–H groups in total. The van der Waals surface area contributed by atoms with Crippen molar-refractivity contribution in [3.63, 3.8) is 0 Å². The number of ether oxygens (including phenoxy) is 2. The molecule has 2 aromatic rings. The predicted molar refractivity (Wildman–Crippen MR) is 127 cm³/mol. The topological polar surface area (TPSA) is 115 Å². The Morgan fingerprint density at radius 3 is 2.67 bits per heavy atom. The summed E-state index contributed by atoms with van der Waals surface area (Å²) >= 11 is 1.04. The molecule has 0 saturated carbocycles. The molecule has 36 heavy (non-hydrogen) atoms. The van der Waals surface area contributed by atoms with Gasteiger partial charge >= 0.3 is 17.9 Å². The highest BCUT2D eigenvalue weighted by Crippen LogP contribution is 2.29. The van der Waals surface area contributed by atoms with Crippen molar-refractivity contribution in [3.05, 3.63) is 62.7 Å². The minimum absolute atomic E-state index is 0.116. The van der Waals surface area contributed by atoms with E-state index >= 15 is 0 Å². The molecule has 2 heterocycles. The fourth-order valence-electron chi connectivity index (χ4n) is 2.94. The van der Waals surface area contributed by atoms with E-state index in [4.69, 9.17) is 9.15 Å². The van der Waals surface area contributed by atoms with E-state index in [0.717, 1.165) is 11.3 Å². The van der Waals surface area contributed by atoms with Gasteiger partial charge in [0.1, 0.15) is 17.1 Å². The minimum Gasteiger partial charge on any atom is -0.507 e. The zero-order chi connectivity index (χ0) is 26.9. The van der Waals surface area contributed by atoms with Gasteiger partial charge in [-0.1, -0.05) is 24.3 Å². The molecule has 0 bridgehead atoms. The van der Waals surface area contributed by atoms with Crippen molar-refractivity contribution >= 4 is 29.3 Å². The Hall–Kier alpha value is -3.54. The van der Waals surface area contributed by atoms with Gasteiger partial charge in [0, 0.05) is 23.1 Å². The van der Waals surface area contributed by atoms with Crippen LogP contribution in [0.15, 0.2) is 45.3 Å². The largest absolute Gasteiger partial charge is 0.507 e. The van der Waals surface area contributed by atoms with E-state index in [2.05, 4.69) is 10.1 Å². The number of thiophene rings is 1. The first-order valence-electron chi connectivity index (χ1n) is 10.8. The Balaban J connectivity index is 2.05. The van der Waals surface area contributed by atoms with Crippen LogP contribution in [0.5, 0.6) is 10.8 Å². The summed E-state index contributed by atoms with van der Waals surface area (Å²) in [6, 6.07) is 4.26. The van der Waals surface area contributed by atoms with Crippen molar-refractivity contribution < 1.29 is 41.8 Å². The summed E-state index contributed by atoms with van der Waals surface area (Å²) in [5.41, 5.74) is -1.38. The maximum Gasteiger partial charge on any atom is 0.410 e. The number of ketones is 1. The van der Waals surface area contributed by atoms with Crippen LogP contribution in [-0.2, 0) is 4.74 Å². The number of alkyl halides is 3. The maximum absolute atomic E-state index is 12.8. The van der Waals surface area contributed by atoms with Gasteiger partial charge in [-0.2, -0.15) is 13.2 Å². The summed E-state index contributed by atoms with van der Waals surface area (Å²) in [6.07, 6.45) is -0.397. The van der Waals surface area contributed by atoms with Crippen LogP contribution in [-0.4, -0.2) is 36.9 Å². The Kier molecular flexibility index (Phi) is 10.3. The third-order valence-electron chi connectivity index (χ3n) is 4.88. The Morgan fingerprint density at radius 1 is 1.31 bits per heavy atom. The van der Waals surface area contributed by atoms with Gasteiger partial charge in [-0.05, 0) is 43.5 Å². The van der Waals surface area contributed by atoms with Crippen LogP contribution in [0.2, 0.25) is 0 Å². The molecule has 196 valence electrons. The van der Waals surface area contributed by atoms with E-state index in [1.165, 1.54) is 38.4 Å². The highest BCUT2D eigenvalue weighted by Gasteiger charge is 2.27. The molecule has 0 radical (unpaired) electrons. The normalized spacial score (nSPS) is 13.0. The zero-order valence-electron chi connectivity index (χ0n) is 19.8. The van der Waals surface area contributed by atoms with Gasteiger partial charge in [-0.25, -0.2) is 9.59 Å². The molecule has 0 spiro atoms. The number of hydrogen-bond donors (Lipinski definition) is 2. The number of aromatic hydroxyl groups is 1. The number of carbonyl (C=O) groups is 2. The van der Waals surface area contributed by atoms with E-state index in [1.54, 1.807) is 19.1 Å². The lowest BCUT2D eigenvalue weighted by molar-refractivity contribution is -0.139. The zero-order valence-corrected chi connectivity index (χ0v) is 20.6. The van der Waals surface area contributed by atoms with Crippen molar-refractivity contribution in [2.75, 3.05) is 13.7 Å². The lowest BCUT2D eigenvalue weighted by Crippen LogP contribution is -2.16. The summed E-state index contributed by atoms with van der Waals surface area (Å²) in [7, 11) is 1.24. The van der Waals surface area contributed by atoms with Crippen LogP contribution < -0.4 is 15.7 Å². The Labute approximate surface area is 209 Å². The minimum atomic E-state index is -4.32. The standard InChI is InChI=1S/C24H26F3NO7S/c1-14(6-4-5-10-28-23(32)33-3)18-13-17(29)20(22(31)35-18)21(30)15(2)12-16-7-8-19(36-16)34-11-9-24(25,26)27/h5,7-8,10,12-14,29H,4,6,9,11H2,1-3H3,(H,28,32)/b10-5+,15-12+. The average Bonchev–Trinajstić information content (AvgIpc) is 3.23. The van der Waals surface area contributed by atoms with Gasteiger partial charge in [0.2, 0.25) is 0 Å². The van der Waals surface area contributed by atoms with Gasteiger partial charge in [0.25, 0.3) is 0 Å². The molecule has 0 aromatic carbocycles. The molecule has 1 unspecified atom stereocenters. The molecule has 0 aliphatic carbocycles. The van der Waals surface area contributed by atoms with E-state index < -0.39 is 48.0 Å². The fraction of sp³-hybridized carbons (Fsp3) is 0.375. The summed E-state index contributed by atoms with van der Waals surface area (Å²) in [6.45, 7) is 2.69. The Bertz CT molecular complexity index is 1180. The number of methoxy groups -OCH3 is 1. The van der Waals surface area contributed by atoms with Crippen molar-refractivity contribution in [2.45, 2.75) is 45.2 Å². The van der Waals surface area contributed by atoms with Crippen LogP contribution in [0.25, 0.3) is 6.08 Å². The van der Waals surface area contributed by atoms with Gasteiger partial charge in [0.05, 0.1) is 20.1 Å². The SMILES string of the molecule is COC(=O)N/C=C/CCC(C)c1cc(O)c(C(=O)/C(C)=C/c2ccc(OCCC(F)(F)F)s2)c(=O)o1. The molecule has 1 atom stereocenters. The van der Waals surface area contributed by atoms with Crippen LogP contribution in [0.1, 0.15) is 60.0 Å². The molecule has 12 heteroatoms. The highest BCUT2D eigenvalue weighted by molar-refractivity contribution is 7.14. The third-order valence-corrected chi connectivity index (χ3v) is 5.83. The molecule has 0 aliphatic heterocycles. The van der Waals surface area contributed by atoms with Crippen molar-refractivity contribution in [1.29, 1.82) is 0 Å². The first-order chi connectivity index (χ1) is 16.9. The summed E-state index contributed by atoms with van der Waals surface area (Å²) in [5, 5.41) is 13.0. The fourth-order valence-corrected chi connectivity index (χ4v) is 3.82. The third kappa shape index (κ3) is 8.91. The molecule has 1 amide bonds. The molecule has 0 fully saturated rings. The molecule has 0 saturated heterocycles. The summed E-state index contributed by atoms with van der Waals surface area (Å²) < 4.78 is 51.5. The van der Waals surface area contributed by atoms with Crippen molar-refractivity contribution in [1.82, 2.24) is 5.32 Å². The van der Waals surface area contributed by atoms with Gasteiger partial charge in [0.15, 0.2) is 10.8 Å². The molecule has 2 rings (SSSR count). The van der Waals surface area contributed by atoms with Gasteiger partial charge < -0.3 is 19.0 Å². The average molecular weight is 530 g/mol. The summed E-state index contributed by atoms with van der Waals surface area (Å²) in [5.74, 6) is -1.33. The van der Waals surface area contributed by atoms with Gasteiger partial charge in [-0.3, -0.25) is 10.1 Å². The van der Waals surface area contributed by atoms with Gasteiger partial charge in [-0.15, -0.1) is 0 Å². The van der Waals surface area contributed by atoms with Crippen LogP contribution in [0.3, 0.4) is 0 Å². The number of nitrogens with one attached hydrogen (secondary N) is 1. The number of rotatable bonds is 11. The van der Waals surface area contributed by atoms with E-state index in [-0.39, 0.29) is 22.3 Å². The van der Waals surface area contributed by atoms with E-state index in [9.17, 15) is 32.7 Å². The smallest absolute Gasteiger partial charge is 0.410 e. The second-order valence-corrected chi connectivity index (χ2v) is 8.82. The van der Waals surface area contributed by atoms with Crippen LogP contribution in [0.4, 0.5) is 18.0 Å². The second-order valence-electron chi connectivity index (χ2n) is 7.74. The molecule has 0 aliphatic rings. The molecular weight excluding hydrogens is 503 g/mol. The first-order valence-corrected chi connectivity index (χ1v) is 11.6. The molecular formula is C24H26F3NO7S. The number of halogens is 3. The number of hydrogen-bond acceptors (Lipinski definition) is 8. The number of amides is 1. The lowest BCUT2D eigenvalue weighted by Gasteiger charge is -2.11. The highest BCUT2D eigenvalue weighted by atomic mass is 32.1. The van der Waals surface area contributed by atoms with Crippen LogP contribution in [0, 0.1) is 0 Å². The molecule has 2 aromatic heterocycles. The van der Waals surface area contributed by atoms with Crippen molar-refractivity contribution in [2.24, 2.45) is 0 Å². The summed E-state index contributed by atoms with van der Waals surface area (Å²) in [4.78, 5) is 36.8. The Morgan fingerprint density at radius 2 is 2.03 bits per heavy atom. The van der Waals surface area contributed by atoms with E-state index in [1.807, 2.05) is 0 Å². The first kappa shape index (κ1) is 28.7. The number of alkyl carbamates (subject to hydrolysis) is 1. The predicted octanol–water partition coefficient (Wildman–Crippen LogP) is 5.78. The van der Waals surface area contributed by atoms with E-state index in [0.29, 0.717) is 17.7 Å². The number of allylic oxidation sites excluding steroid dienone is 2. The lowest BCUT2D eigenvalue weighted by atomic mass is 10.00. The number of Topliss-reactive ketones (excluding diaryl/α,β-unsaturated/α-hetero) is 1. The quantitative estimate of drug-likeness (QED) is 0.280. The molecule has 8 nitrogen and oxygen atoms in total. The monoisotopic (exact) mass is 529 g/mol.